The van der Waals surface area contributed by atoms with Gasteiger partial charge >= 0.3 is 11.9 Å². The molecule has 0 bridgehead atoms. The van der Waals surface area contributed by atoms with Crippen LogP contribution in [0.2, 0.25) is 0 Å². The summed E-state index contributed by atoms with van der Waals surface area (Å²) in [5.41, 5.74) is 6.48. The van der Waals surface area contributed by atoms with E-state index in [0.29, 0.717) is 6.54 Å². The van der Waals surface area contributed by atoms with Gasteiger partial charge in [0, 0.05) is 31.5 Å². The van der Waals surface area contributed by atoms with Crippen LogP contribution in [0.5, 0.6) is 11.5 Å². The number of nitrogens with zero attached hydrogens (tertiary/aromatic N) is 2. The van der Waals surface area contributed by atoms with Crippen molar-refractivity contribution in [2.24, 2.45) is 0 Å². The maximum atomic E-state index is 12.7. The van der Waals surface area contributed by atoms with Crippen LogP contribution in [-0.4, -0.2) is 80.4 Å². The Morgan fingerprint density at radius 2 is 1.43 bits per heavy atom. The van der Waals surface area contributed by atoms with E-state index in [-0.39, 0.29) is 5.91 Å². The Morgan fingerprint density at radius 3 is 1.98 bits per heavy atom. The fourth-order valence-corrected chi connectivity index (χ4v) is 4.80. The number of carboxylic acid groups (broad SMARTS) is 2. The van der Waals surface area contributed by atoms with Gasteiger partial charge in [0.1, 0.15) is 0 Å². The Balaban J connectivity index is 0.000000730. The lowest BCUT2D eigenvalue weighted by Gasteiger charge is -2.28. The van der Waals surface area contributed by atoms with Crippen molar-refractivity contribution >= 4 is 29.2 Å². The number of carboxylic acids is 2. The molecule has 3 N–H and O–H groups in total. The molecule has 0 atom stereocenters. The van der Waals surface area contributed by atoms with Crippen LogP contribution >= 0.6 is 0 Å². The molecule has 4 rings (SSSR count). The molecular formula is C32H39N3O7. The molecule has 0 aromatic heterocycles. The van der Waals surface area contributed by atoms with Gasteiger partial charge in [-0.05, 0) is 73.2 Å². The second kappa shape index (κ2) is 16.0. The first-order chi connectivity index (χ1) is 20.2. The minimum atomic E-state index is -1.82. The lowest BCUT2D eigenvalue weighted by Crippen LogP contribution is -2.37. The van der Waals surface area contributed by atoms with E-state index < -0.39 is 11.9 Å². The Bertz CT molecular complexity index is 1300. The van der Waals surface area contributed by atoms with Gasteiger partial charge in [-0.25, -0.2) is 9.59 Å². The zero-order valence-electron chi connectivity index (χ0n) is 24.3. The lowest BCUT2D eigenvalue weighted by atomic mass is 10.0. The fourth-order valence-electron chi connectivity index (χ4n) is 4.80. The number of carbonyl (C=O) groups is 3. The predicted molar refractivity (Wildman–Crippen MR) is 161 cm³/mol. The number of ether oxygens (including phenoxy) is 2. The monoisotopic (exact) mass is 577 g/mol. The summed E-state index contributed by atoms with van der Waals surface area (Å²) in [4.78, 5) is 35.1. The lowest BCUT2D eigenvalue weighted by molar-refractivity contribution is -0.159. The van der Waals surface area contributed by atoms with Gasteiger partial charge < -0.3 is 34.8 Å². The Hall–Kier alpha value is -4.57. The molecule has 10 heteroatoms. The largest absolute Gasteiger partial charge is 0.493 e. The third-order valence-corrected chi connectivity index (χ3v) is 7.03. The summed E-state index contributed by atoms with van der Waals surface area (Å²) in [7, 11) is 5.16. The first-order valence-electron chi connectivity index (χ1n) is 13.8. The number of para-hydroxylation sites is 2. The number of rotatable bonds is 11. The van der Waals surface area contributed by atoms with E-state index in [1.54, 1.807) is 14.2 Å². The number of hydrogen-bond acceptors (Lipinski definition) is 7. The summed E-state index contributed by atoms with van der Waals surface area (Å²) >= 11 is 0. The molecule has 0 unspecified atom stereocenters. The van der Waals surface area contributed by atoms with Crippen molar-refractivity contribution in [3.8, 4) is 11.5 Å². The fraction of sp³-hybridized carbons (Fsp3) is 0.344. The molecule has 1 amide bonds. The third-order valence-electron chi connectivity index (χ3n) is 7.03. The first kappa shape index (κ1) is 32.0. The molecule has 42 heavy (non-hydrogen) atoms. The summed E-state index contributed by atoms with van der Waals surface area (Å²) in [6, 6.07) is 23.3. The van der Waals surface area contributed by atoms with Crippen LogP contribution < -0.4 is 19.7 Å². The number of hydrogen-bond donors (Lipinski definition) is 3. The smallest absolute Gasteiger partial charge is 0.414 e. The topological polar surface area (TPSA) is 129 Å². The maximum Gasteiger partial charge on any atom is 0.414 e. The van der Waals surface area contributed by atoms with Crippen LogP contribution in [0.3, 0.4) is 0 Å². The zero-order valence-corrected chi connectivity index (χ0v) is 24.3. The highest BCUT2D eigenvalue weighted by Gasteiger charge is 2.20. The minimum Gasteiger partial charge on any atom is -0.493 e. The van der Waals surface area contributed by atoms with E-state index in [1.807, 2.05) is 30.1 Å². The number of benzene rings is 3. The van der Waals surface area contributed by atoms with Crippen molar-refractivity contribution in [2.75, 3.05) is 52.3 Å². The average molecular weight is 578 g/mol. The zero-order chi connectivity index (χ0) is 30.5. The average Bonchev–Trinajstić information content (AvgIpc) is 3.16. The molecule has 3 aromatic rings. The highest BCUT2D eigenvalue weighted by molar-refractivity contribution is 6.27. The van der Waals surface area contributed by atoms with E-state index in [4.69, 9.17) is 29.3 Å². The number of likely N-dealkylation sites (N-methyl/N-ethyl adjacent to an activating group) is 1. The quantitative estimate of drug-likeness (QED) is 0.230. The molecule has 1 heterocycles. The molecule has 0 spiro atoms. The van der Waals surface area contributed by atoms with E-state index >= 15 is 0 Å². The van der Waals surface area contributed by atoms with E-state index in [0.717, 1.165) is 62.4 Å². The van der Waals surface area contributed by atoms with E-state index in [9.17, 15) is 4.79 Å². The van der Waals surface area contributed by atoms with Crippen molar-refractivity contribution < 1.29 is 34.1 Å². The van der Waals surface area contributed by atoms with Gasteiger partial charge in [0.2, 0.25) is 5.91 Å². The molecule has 1 aliphatic heterocycles. The van der Waals surface area contributed by atoms with Gasteiger partial charge in [0.15, 0.2) is 11.5 Å². The number of carbonyl (C=O) groups excluding carboxylic acids is 1. The molecule has 0 aliphatic carbocycles. The molecule has 0 fully saturated rings. The summed E-state index contributed by atoms with van der Waals surface area (Å²) in [5, 5.41) is 18.1. The second-order valence-electron chi connectivity index (χ2n) is 9.80. The molecular weight excluding hydrogens is 538 g/mol. The SMILES string of the molecule is COc1ccc(CCNCC(=O)N(C)CCCN2c3ccccc3CCc3ccccc32)cc1OC.O=C(O)C(=O)O. The van der Waals surface area contributed by atoms with Gasteiger partial charge in [-0.1, -0.05) is 42.5 Å². The first-order valence-corrected chi connectivity index (χ1v) is 13.8. The highest BCUT2D eigenvalue weighted by atomic mass is 16.5. The van der Waals surface area contributed by atoms with Crippen molar-refractivity contribution in [3.63, 3.8) is 0 Å². The molecule has 0 saturated carbocycles. The number of aliphatic carboxylic acids is 2. The Morgan fingerprint density at radius 1 is 0.857 bits per heavy atom. The highest BCUT2D eigenvalue weighted by Crippen LogP contribution is 2.35. The van der Waals surface area contributed by atoms with Crippen molar-refractivity contribution in [1.29, 1.82) is 0 Å². The molecule has 3 aromatic carbocycles. The molecule has 224 valence electrons. The van der Waals surface area contributed by atoms with Gasteiger partial charge in [-0.3, -0.25) is 4.79 Å². The summed E-state index contributed by atoms with van der Waals surface area (Å²) in [6.07, 6.45) is 3.82. The predicted octanol–water partition coefficient (Wildman–Crippen LogP) is 3.78. The number of amides is 1. The molecule has 0 radical (unpaired) electrons. The summed E-state index contributed by atoms with van der Waals surface area (Å²) < 4.78 is 10.7. The Labute approximate surface area is 246 Å². The number of aryl methyl sites for hydroxylation is 2. The standard InChI is InChI=1S/C30H37N3O3.C2H2O4/c1-32(30(34)22-31-18-17-23-13-16-28(35-2)29(21-23)36-3)19-8-20-33-26-11-6-4-9-24(26)14-15-25-10-5-7-12-27(25)33;3-1(4)2(5)6/h4-7,9-13,16,21,31H,8,14-15,17-20,22H2,1-3H3;(H,3,4)(H,5,6). The van der Waals surface area contributed by atoms with E-state index in [1.165, 1.54) is 22.5 Å². The van der Waals surface area contributed by atoms with Crippen LogP contribution in [0, 0.1) is 0 Å². The van der Waals surface area contributed by atoms with Crippen LogP contribution in [0.1, 0.15) is 23.1 Å². The summed E-state index contributed by atoms with van der Waals surface area (Å²) in [5.74, 6) is -2.09. The number of anilines is 2. The Kier molecular flexibility index (Phi) is 12.2. The van der Waals surface area contributed by atoms with E-state index in [2.05, 4.69) is 58.7 Å². The van der Waals surface area contributed by atoms with Crippen molar-refractivity contribution in [3.05, 3.63) is 83.4 Å². The van der Waals surface area contributed by atoms with Crippen molar-refractivity contribution in [2.45, 2.75) is 25.7 Å². The van der Waals surface area contributed by atoms with Crippen LogP contribution in [0.15, 0.2) is 66.7 Å². The van der Waals surface area contributed by atoms with Gasteiger partial charge in [0.25, 0.3) is 0 Å². The molecule has 1 aliphatic rings. The van der Waals surface area contributed by atoms with Gasteiger partial charge in [-0.2, -0.15) is 0 Å². The van der Waals surface area contributed by atoms with Gasteiger partial charge in [-0.15, -0.1) is 0 Å². The maximum absolute atomic E-state index is 12.7. The number of nitrogens with one attached hydrogen (secondary N) is 1. The van der Waals surface area contributed by atoms with Crippen molar-refractivity contribution in [1.82, 2.24) is 10.2 Å². The van der Waals surface area contributed by atoms with Crippen LogP contribution in [-0.2, 0) is 33.6 Å². The minimum absolute atomic E-state index is 0.110. The molecule has 10 nitrogen and oxygen atoms in total. The normalized spacial score (nSPS) is 11.6. The molecule has 0 saturated heterocycles. The second-order valence-corrected chi connectivity index (χ2v) is 9.80. The van der Waals surface area contributed by atoms with Crippen LogP contribution in [0.25, 0.3) is 0 Å². The summed E-state index contributed by atoms with van der Waals surface area (Å²) in [6.45, 7) is 2.64. The van der Waals surface area contributed by atoms with Crippen LogP contribution in [0.4, 0.5) is 11.4 Å². The third kappa shape index (κ3) is 8.97. The number of fused-ring (bicyclic) bond motifs is 2. The number of methoxy groups -OCH3 is 2. The van der Waals surface area contributed by atoms with Gasteiger partial charge in [0.05, 0.1) is 20.8 Å².